The van der Waals surface area contributed by atoms with Gasteiger partial charge in [-0.3, -0.25) is 4.57 Å². The van der Waals surface area contributed by atoms with E-state index in [1.54, 1.807) is 0 Å². The molecule has 0 spiro atoms. The average molecular weight is 237 g/mol. The van der Waals surface area contributed by atoms with Crippen LogP contribution in [0.5, 0.6) is 0 Å². The molecule has 0 radical (unpaired) electrons. The van der Waals surface area contributed by atoms with Crippen molar-refractivity contribution in [3.63, 3.8) is 0 Å². The summed E-state index contributed by atoms with van der Waals surface area (Å²) in [7, 11) is 0. The van der Waals surface area contributed by atoms with E-state index < -0.39 is 0 Å². The third kappa shape index (κ3) is 1.94. The molecular formula is C11H13ClN4. The lowest BCUT2D eigenvalue weighted by Gasteiger charge is -2.08. The molecule has 2 N–H and O–H groups in total. The van der Waals surface area contributed by atoms with Gasteiger partial charge in [0, 0.05) is 5.69 Å². The molecule has 2 aromatic rings. The van der Waals surface area contributed by atoms with Crippen LogP contribution in [0.4, 0.5) is 0 Å². The highest BCUT2D eigenvalue weighted by atomic mass is 35.5. The predicted molar refractivity (Wildman–Crippen MR) is 63.5 cm³/mol. The van der Waals surface area contributed by atoms with Gasteiger partial charge in [0.2, 0.25) is 0 Å². The Morgan fingerprint density at radius 2 is 2.06 bits per heavy atom. The van der Waals surface area contributed by atoms with E-state index >= 15 is 0 Å². The van der Waals surface area contributed by atoms with Crippen LogP contribution in [0.15, 0.2) is 24.3 Å². The molecule has 0 unspecified atom stereocenters. The first-order valence-electron chi connectivity index (χ1n) is 5.02. The van der Waals surface area contributed by atoms with Crippen molar-refractivity contribution >= 4 is 11.6 Å². The molecule has 0 aliphatic rings. The Morgan fingerprint density at radius 1 is 1.31 bits per heavy atom. The zero-order valence-corrected chi connectivity index (χ0v) is 9.78. The van der Waals surface area contributed by atoms with Crippen LogP contribution in [0.1, 0.15) is 17.2 Å². The van der Waals surface area contributed by atoms with E-state index in [4.69, 9.17) is 17.3 Å². The molecule has 1 aromatic heterocycles. The Bertz CT molecular complexity index is 471. The molecular weight excluding hydrogens is 224 g/mol. The second kappa shape index (κ2) is 4.63. The van der Waals surface area contributed by atoms with E-state index in [1.165, 1.54) is 5.56 Å². The minimum Gasteiger partial charge on any atom is -0.324 e. The minimum absolute atomic E-state index is 0.320. The van der Waals surface area contributed by atoms with Crippen LogP contribution in [0.2, 0.25) is 0 Å². The number of nitrogens with zero attached hydrogens (tertiary/aromatic N) is 3. The maximum atomic E-state index is 5.83. The second-order valence-electron chi connectivity index (χ2n) is 3.54. The van der Waals surface area contributed by atoms with Gasteiger partial charge in [-0.15, -0.1) is 21.8 Å². The van der Waals surface area contributed by atoms with E-state index in [-0.39, 0.29) is 0 Å². The van der Waals surface area contributed by atoms with Crippen molar-refractivity contribution < 1.29 is 0 Å². The van der Waals surface area contributed by atoms with E-state index in [9.17, 15) is 0 Å². The molecule has 84 valence electrons. The fourth-order valence-electron chi connectivity index (χ4n) is 1.64. The molecule has 2 rings (SSSR count). The zero-order chi connectivity index (χ0) is 11.5. The summed E-state index contributed by atoms with van der Waals surface area (Å²) in [5.74, 6) is 1.76. The van der Waals surface area contributed by atoms with Crippen molar-refractivity contribution in [3.8, 4) is 5.69 Å². The van der Waals surface area contributed by atoms with Crippen molar-refractivity contribution in [1.82, 2.24) is 14.8 Å². The Labute approximate surface area is 99.1 Å². The van der Waals surface area contributed by atoms with Gasteiger partial charge in [-0.05, 0) is 24.6 Å². The summed E-state index contributed by atoms with van der Waals surface area (Å²) >= 11 is 5.83. The highest BCUT2D eigenvalue weighted by Gasteiger charge is 2.11. The van der Waals surface area contributed by atoms with E-state index in [1.807, 2.05) is 29.7 Å². The third-order valence-electron chi connectivity index (χ3n) is 2.36. The Balaban J connectivity index is 2.57. The van der Waals surface area contributed by atoms with Crippen LogP contribution in [0.3, 0.4) is 0 Å². The van der Waals surface area contributed by atoms with Gasteiger partial charge in [-0.2, -0.15) is 0 Å². The molecule has 0 bridgehead atoms. The summed E-state index contributed by atoms with van der Waals surface area (Å²) in [5, 5.41) is 8.03. The van der Waals surface area contributed by atoms with Gasteiger partial charge >= 0.3 is 0 Å². The van der Waals surface area contributed by atoms with E-state index in [0.29, 0.717) is 18.2 Å². The number of halogens is 1. The molecule has 0 saturated heterocycles. The van der Waals surface area contributed by atoms with Gasteiger partial charge in [-0.25, -0.2) is 0 Å². The Hall–Kier alpha value is -1.39. The molecule has 0 amide bonds. The molecule has 4 nitrogen and oxygen atoms in total. The number of benzene rings is 1. The Kier molecular flexibility index (Phi) is 3.22. The molecule has 5 heteroatoms. The molecule has 0 atom stereocenters. The summed E-state index contributed by atoms with van der Waals surface area (Å²) in [4.78, 5) is 0. The summed E-state index contributed by atoms with van der Waals surface area (Å²) < 4.78 is 1.90. The minimum atomic E-state index is 0.320. The Morgan fingerprint density at radius 3 is 2.69 bits per heavy atom. The average Bonchev–Trinajstić information content (AvgIpc) is 2.71. The second-order valence-corrected chi connectivity index (χ2v) is 3.81. The van der Waals surface area contributed by atoms with Crippen LogP contribution in [0, 0.1) is 6.92 Å². The van der Waals surface area contributed by atoms with Crippen molar-refractivity contribution in [2.75, 3.05) is 0 Å². The van der Waals surface area contributed by atoms with Gasteiger partial charge in [0.05, 0.1) is 12.4 Å². The molecule has 0 aliphatic heterocycles. The third-order valence-corrected chi connectivity index (χ3v) is 2.60. The highest BCUT2D eigenvalue weighted by molar-refractivity contribution is 6.16. The number of aryl methyl sites for hydroxylation is 1. The zero-order valence-electron chi connectivity index (χ0n) is 9.02. The molecule has 0 aliphatic carbocycles. The SMILES string of the molecule is Cc1cccc(-n2c(CN)nnc2CCl)c1. The summed E-state index contributed by atoms with van der Waals surface area (Å²) in [6.07, 6.45) is 0. The smallest absolute Gasteiger partial charge is 0.152 e. The first-order valence-corrected chi connectivity index (χ1v) is 5.56. The van der Waals surface area contributed by atoms with Crippen LogP contribution >= 0.6 is 11.6 Å². The number of alkyl halides is 1. The summed E-state index contributed by atoms with van der Waals surface area (Å²) in [6.45, 7) is 2.38. The number of hydrogen-bond acceptors (Lipinski definition) is 3. The fraction of sp³-hybridized carbons (Fsp3) is 0.273. The monoisotopic (exact) mass is 236 g/mol. The van der Waals surface area contributed by atoms with Gasteiger partial charge < -0.3 is 5.73 Å². The van der Waals surface area contributed by atoms with Crippen LogP contribution in [-0.2, 0) is 12.4 Å². The number of rotatable bonds is 3. The van der Waals surface area contributed by atoms with Crippen molar-refractivity contribution in [2.45, 2.75) is 19.3 Å². The van der Waals surface area contributed by atoms with Crippen molar-refractivity contribution in [3.05, 3.63) is 41.5 Å². The number of hydrogen-bond donors (Lipinski definition) is 1. The quantitative estimate of drug-likeness (QED) is 0.827. The van der Waals surface area contributed by atoms with Crippen molar-refractivity contribution in [1.29, 1.82) is 0 Å². The normalized spacial score (nSPS) is 10.7. The van der Waals surface area contributed by atoms with E-state index in [2.05, 4.69) is 16.3 Å². The molecule has 0 saturated carbocycles. The van der Waals surface area contributed by atoms with Crippen molar-refractivity contribution in [2.24, 2.45) is 5.73 Å². The standard InChI is InChI=1S/C11H13ClN4/c1-8-3-2-4-9(5-8)16-10(6-12)14-15-11(16)7-13/h2-5H,6-7,13H2,1H3. The molecule has 1 heterocycles. The largest absolute Gasteiger partial charge is 0.324 e. The first kappa shape index (κ1) is 11.1. The highest BCUT2D eigenvalue weighted by Crippen LogP contribution is 2.15. The fourth-order valence-corrected chi connectivity index (χ4v) is 1.81. The van der Waals surface area contributed by atoms with Gasteiger partial charge in [0.25, 0.3) is 0 Å². The lowest BCUT2D eigenvalue weighted by atomic mass is 10.2. The van der Waals surface area contributed by atoms with Gasteiger partial charge in [0.1, 0.15) is 0 Å². The van der Waals surface area contributed by atoms with Crippen LogP contribution in [0.25, 0.3) is 5.69 Å². The van der Waals surface area contributed by atoms with Gasteiger partial charge in [-0.1, -0.05) is 12.1 Å². The lowest BCUT2D eigenvalue weighted by molar-refractivity contribution is 0.847. The first-order chi connectivity index (χ1) is 7.76. The number of nitrogens with two attached hydrogens (primary N) is 1. The number of aromatic nitrogens is 3. The molecule has 16 heavy (non-hydrogen) atoms. The van der Waals surface area contributed by atoms with Crippen LogP contribution < -0.4 is 5.73 Å². The summed E-state index contributed by atoms with van der Waals surface area (Å²) in [5.41, 5.74) is 7.80. The van der Waals surface area contributed by atoms with Crippen LogP contribution in [-0.4, -0.2) is 14.8 Å². The predicted octanol–water partition coefficient (Wildman–Crippen LogP) is 1.77. The van der Waals surface area contributed by atoms with E-state index in [0.717, 1.165) is 11.5 Å². The topological polar surface area (TPSA) is 56.7 Å². The maximum absolute atomic E-state index is 5.83. The molecule has 0 fully saturated rings. The maximum Gasteiger partial charge on any atom is 0.152 e. The lowest BCUT2D eigenvalue weighted by Crippen LogP contribution is -2.08. The molecule has 1 aromatic carbocycles. The summed E-state index contributed by atoms with van der Waals surface area (Å²) in [6, 6.07) is 8.07. The van der Waals surface area contributed by atoms with Gasteiger partial charge in [0.15, 0.2) is 11.6 Å².